The first kappa shape index (κ1) is 20.8. The van der Waals surface area contributed by atoms with E-state index in [4.69, 9.17) is 16.4 Å². The van der Waals surface area contributed by atoms with Crippen LogP contribution >= 0.6 is 11.6 Å². The number of rotatable bonds is 6. The summed E-state index contributed by atoms with van der Waals surface area (Å²) in [5, 5.41) is 5.23. The lowest BCUT2D eigenvalue weighted by atomic mass is 10.2. The lowest BCUT2D eigenvalue weighted by Gasteiger charge is -2.16. The second-order valence-electron chi connectivity index (χ2n) is 5.46. The summed E-state index contributed by atoms with van der Waals surface area (Å²) in [4.78, 5) is 27.9. The van der Waals surface area contributed by atoms with Gasteiger partial charge in [-0.2, -0.15) is 0 Å². The van der Waals surface area contributed by atoms with E-state index < -0.39 is 15.9 Å². The number of anilines is 2. The zero-order chi connectivity index (χ0) is 20.2. The van der Waals surface area contributed by atoms with Crippen molar-refractivity contribution < 1.29 is 22.8 Å². The predicted molar refractivity (Wildman–Crippen MR) is 102 cm³/mol. The van der Waals surface area contributed by atoms with Gasteiger partial charge in [-0.05, 0) is 42.5 Å². The van der Waals surface area contributed by atoms with E-state index in [1.54, 1.807) is 24.3 Å². The van der Waals surface area contributed by atoms with Crippen molar-refractivity contribution >= 4 is 44.8 Å². The minimum absolute atomic E-state index is 0.0323. The molecule has 0 aromatic heterocycles. The van der Waals surface area contributed by atoms with E-state index in [1.807, 2.05) is 0 Å². The highest BCUT2D eigenvalue weighted by molar-refractivity contribution is 7.89. The Labute approximate surface area is 162 Å². The van der Waals surface area contributed by atoms with Crippen LogP contribution in [-0.4, -0.2) is 38.9 Å². The van der Waals surface area contributed by atoms with Crippen LogP contribution in [0, 0.1) is 0 Å². The average Bonchev–Trinajstić information content (AvgIpc) is 2.62. The normalized spacial score (nSPS) is 11.3. The first-order valence-electron chi connectivity index (χ1n) is 7.66. The van der Waals surface area contributed by atoms with Gasteiger partial charge in [-0.15, -0.1) is 0 Å². The molecule has 8 nitrogen and oxygen atoms in total. The Morgan fingerprint density at radius 3 is 2.11 bits per heavy atom. The van der Waals surface area contributed by atoms with Gasteiger partial charge in [-0.1, -0.05) is 16.1 Å². The summed E-state index contributed by atoms with van der Waals surface area (Å²) in [5.74, 6) is -0.724. The van der Waals surface area contributed by atoms with Gasteiger partial charge in [-0.3, -0.25) is 14.4 Å². The number of hydrogen-bond acceptors (Lipinski definition) is 5. The van der Waals surface area contributed by atoms with Gasteiger partial charge < -0.3 is 10.6 Å². The molecule has 0 bridgehead atoms. The highest BCUT2D eigenvalue weighted by Crippen LogP contribution is 2.26. The first-order valence-corrected chi connectivity index (χ1v) is 9.48. The molecule has 2 aromatic carbocycles. The van der Waals surface area contributed by atoms with Crippen molar-refractivity contribution in [3.8, 4) is 0 Å². The number of amides is 2. The largest absolute Gasteiger partial charge is 0.326 e. The molecule has 2 amide bonds. The van der Waals surface area contributed by atoms with Gasteiger partial charge in [-0.25, -0.2) is 8.42 Å². The lowest BCUT2D eigenvalue weighted by Crippen LogP contribution is -2.26. The van der Waals surface area contributed by atoms with Gasteiger partial charge in [0.2, 0.25) is 5.91 Å². The molecule has 0 aliphatic carbocycles. The zero-order valence-electron chi connectivity index (χ0n) is 14.8. The Bertz CT molecular complexity index is 961. The van der Waals surface area contributed by atoms with E-state index >= 15 is 0 Å². The third-order valence-electron chi connectivity index (χ3n) is 3.53. The van der Waals surface area contributed by atoms with Crippen LogP contribution in [0.5, 0.6) is 0 Å². The molecule has 144 valence electrons. The van der Waals surface area contributed by atoms with Crippen LogP contribution in [-0.2, 0) is 19.7 Å². The van der Waals surface area contributed by atoms with Crippen molar-refractivity contribution in [2.24, 2.45) is 0 Å². The fraction of sp³-hybridized carbons (Fsp3) is 0.176. The van der Waals surface area contributed by atoms with Crippen molar-refractivity contribution in [1.29, 1.82) is 0 Å². The summed E-state index contributed by atoms with van der Waals surface area (Å²) in [7, 11) is -1.59. The molecule has 0 aliphatic rings. The summed E-state index contributed by atoms with van der Waals surface area (Å²) >= 11 is 5.98. The summed E-state index contributed by atoms with van der Waals surface area (Å²) in [6.45, 7) is 1.39. The second kappa shape index (κ2) is 8.49. The van der Waals surface area contributed by atoms with Gasteiger partial charge in [0.05, 0.1) is 12.1 Å². The Balaban J connectivity index is 2.24. The quantitative estimate of drug-likeness (QED) is 0.711. The van der Waals surface area contributed by atoms with Crippen LogP contribution in [0.25, 0.3) is 0 Å². The van der Waals surface area contributed by atoms with Crippen molar-refractivity contribution in [2.75, 3.05) is 24.8 Å². The highest BCUT2D eigenvalue weighted by atomic mass is 35.5. The number of hydroxylamine groups is 1. The molecule has 0 spiro atoms. The fourth-order valence-electron chi connectivity index (χ4n) is 2.12. The van der Waals surface area contributed by atoms with Crippen LogP contribution in [0.2, 0.25) is 5.02 Å². The summed E-state index contributed by atoms with van der Waals surface area (Å²) in [6.07, 6.45) is 0. The van der Waals surface area contributed by atoms with E-state index in [0.29, 0.717) is 15.8 Å². The Morgan fingerprint density at radius 2 is 1.59 bits per heavy atom. The maximum atomic E-state index is 12.4. The van der Waals surface area contributed by atoms with E-state index in [1.165, 1.54) is 39.3 Å². The number of carbonyl (C=O) groups excluding carboxylic acids is 2. The highest BCUT2D eigenvalue weighted by Gasteiger charge is 2.25. The third kappa shape index (κ3) is 5.04. The lowest BCUT2D eigenvalue weighted by molar-refractivity contribution is -0.114. The molecule has 10 heteroatoms. The number of hydrogen-bond donors (Lipinski definition) is 2. The molecular formula is C17H18ClN3O5S. The van der Waals surface area contributed by atoms with Crippen molar-refractivity contribution in [3.05, 3.63) is 53.1 Å². The van der Waals surface area contributed by atoms with Crippen LogP contribution in [0.15, 0.2) is 47.4 Å². The maximum absolute atomic E-state index is 12.4. The molecule has 0 saturated heterocycles. The standard InChI is InChI=1S/C17H18ClN3O5S/c1-11(22)19-13-5-7-14(8-6-13)20-17(23)12-4-9-15(18)16(10-12)27(24,25)21(2)26-3/h4-10H,1-3H3,(H,19,22)(H,20,23). The molecule has 0 atom stereocenters. The second-order valence-corrected chi connectivity index (χ2v) is 7.77. The van der Waals surface area contributed by atoms with Gasteiger partial charge in [0, 0.05) is 30.9 Å². The van der Waals surface area contributed by atoms with Crippen LogP contribution in [0.1, 0.15) is 17.3 Å². The zero-order valence-corrected chi connectivity index (χ0v) is 16.4. The molecule has 0 fully saturated rings. The molecule has 0 radical (unpaired) electrons. The number of carbonyl (C=O) groups is 2. The maximum Gasteiger partial charge on any atom is 0.266 e. The molecule has 0 heterocycles. The van der Waals surface area contributed by atoms with E-state index in [-0.39, 0.29) is 21.4 Å². The topological polar surface area (TPSA) is 105 Å². The fourth-order valence-corrected chi connectivity index (χ4v) is 3.60. The van der Waals surface area contributed by atoms with Crippen molar-refractivity contribution in [1.82, 2.24) is 4.47 Å². The number of halogens is 1. The predicted octanol–water partition coefficient (Wildman–Crippen LogP) is 2.73. The SMILES string of the molecule is CON(C)S(=O)(=O)c1cc(C(=O)Nc2ccc(NC(C)=O)cc2)ccc1Cl. The van der Waals surface area contributed by atoms with Crippen LogP contribution < -0.4 is 10.6 Å². The molecule has 2 rings (SSSR count). The third-order valence-corrected chi connectivity index (χ3v) is 5.69. The molecule has 0 aliphatic heterocycles. The Kier molecular flexibility index (Phi) is 6.55. The number of nitrogens with zero attached hydrogens (tertiary/aromatic N) is 1. The minimum Gasteiger partial charge on any atom is -0.326 e. The van der Waals surface area contributed by atoms with Gasteiger partial charge >= 0.3 is 0 Å². The Morgan fingerprint density at radius 1 is 1.04 bits per heavy atom. The molecule has 2 N–H and O–H groups in total. The molecule has 27 heavy (non-hydrogen) atoms. The van der Waals surface area contributed by atoms with Crippen molar-refractivity contribution in [3.63, 3.8) is 0 Å². The van der Waals surface area contributed by atoms with E-state index in [9.17, 15) is 18.0 Å². The van der Waals surface area contributed by atoms with E-state index in [0.717, 1.165) is 0 Å². The first-order chi connectivity index (χ1) is 12.6. The summed E-state index contributed by atoms with van der Waals surface area (Å²) < 4.78 is 25.4. The molecular weight excluding hydrogens is 394 g/mol. The molecule has 0 unspecified atom stereocenters. The molecule has 2 aromatic rings. The van der Waals surface area contributed by atoms with Crippen molar-refractivity contribution in [2.45, 2.75) is 11.8 Å². The van der Waals surface area contributed by atoms with Gasteiger partial charge in [0.25, 0.3) is 15.9 Å². The summed E-state index contributed by atoms with van der Waals surface area (Å²) in [6, 6.07) is 10.4. The van der Waals surface area contributed by atoms with E-state index in [2.05, 4.69) is 10.6 Å². The smallest absolute Gasteiger partial charge is 0.266 e. The summed E-state index contributed by atoms with van der Waals surface area (Å²) in [5.41, 5.74) is 1.17. The monoisotopic (exact) mass is 411 g/mol. The van der Waals surface area contributed by atoms with Gasteiger partial charge in [0.15, 0.2) is 0 Å². The molecule has 0 saturated carbocycles. The number of benzene rings is 2. The van der Waals surface area contributed by atoms with Gasteiger partial charge in [0.1, 0.15) is 4.90 Å². The Hall–Kier alpha value is -2.46. The van der Waals surface area contributed by atoms with Crippen LogP contribution in [0.4, 0.5) is 11.4 Å². The number of sulfonamides is 1. The minimum atomic E-state index is -4.01. The van der Waals surface area contributed by atoms with Crippen LogP contribution in [0.3, 0.4) is 0 Å². The number of nitrogens with one attached hydrogen (secondary N) is 2. The average molecular weight is 412 g/mol.